The normalized spacial score (nSPS) is 11.7. The first-order valence-corrected chi connectivity index (χ1v) is 11.4. The van der Waals surface area contributed by atoms with Crippen molar-refractivity contribution in [3.63, 3.8) is 0 Å². The van der Waals surface area contributed by atoms with Gasteiger partial charge in [0.1, 0.15) is 0 Å². The van der Waals surface area contributed by atoms with Crippen LogP contribution in [0.15, 0.2) is 64.2 Å². The molecule has 0 radical (unpaired) electrons. The van der Waals surface area contributed by atoms with E-state index in [2.05, 4.69) is 94.3 Å². The van der Waals surface area contributed by atoms with Gasteiger partial charge < -0.3 is 4.42 Å². The van der Waals surface area contributed by atoms with E-state index in [1.807, 2.05) is 13.0 Å². The van der Waals surface area contributed by atoms with Crippen molar-refractivity contribution in [1.29, 1.82) is 0 Å². The van der Waals surface area contributed by atoms with Crippen molar-refractivity contribution in [1.82, 2.24) is 25.0 Å². The molecule has 0 aliphatic carbocycles. The van der Waals surface area contributed by atoms with Gasteiger partial charge in [0.25, 0.3) is 0 Å². The predicted octanol–water partition coefficient (Wildman–Crippen LogP) is 5.53. The number of hydrogen-bond donors (Lipinski definition) is 0. The van der Waals surface area contributed by atoms with E-state index in [0.29, 0.717) is 24.1 Å². The summed E-state index contributed by atoms with van der Waals surface area (Å²) in [5.74, 6) is 2.67. The van der Waals surface area contributed by atoms with Crippen molar-refractivity contribution < 1.29 is 4.42 Å². The highest BCUT2D eigenvalue weighted by atomic mass is 32.2. The van der Waals surface area contributed by atoms with Crippen LogP contribution >= 0.6 is 11.8 Å². The Kier molecular flexibility index (Phi) is 6.23. The van der Waals surface area contributed by atoms with Crippen LogP contribution < -0.4 is 0 Å². The first-order chi connectivity index (χ1) is 14.9. The standard InChI is InChI=1S/C24H27N5OS/c1-5-20-25-26-21(30-20)16-31-23-28-27-22(29(23)15-17-9-7-6-8-10-17)18-11-13-19(14-12-18)24(2,3)4/h6-14H,5,15-16H2,1-4H3. The highest BCUT2D eigenvalue weighted by molar-refractivity contribution is 7.98. The van der Waals surface area contributed by atoms with E-state index in [9.17, 15) is 0 Å². The van der Waals surface area contributed by atoms with Gasteiger partial charge in [0.2, 0.25) is 11.8 Å². The Bertz CT molecular complexity index is 1130. The predicted molar refractivity (Wildman–Crippen MR) is 123 cm³/mol. The summed E-state index contributed by atoms with van der Waals surface area (Å²) in [4.78, 5) is 0. The molecule has 6 nitrogen and oxygen atoms in total. The van der Waals surface area contributed by atoms with E-state index < -0.39 is 0 Å². The van der Waals surface area contributed by atoms with Crippen molar-refractivity contribution >= 4 is 11.8 Å². The van der Waals surface area contributed by atoms with Crippen LogP contribution in [0.2, 0.25) is 0 Å². The average molecular weight is 434 g/mol. The zero-order valence-corrected chi connectivity index (χ0v) is 19.2. The Morgan fingerprint density at radius 1 is 0.871 bits per heavy atom. The summed E-state index contributed by atoms with van der Waals surface area (Å²) >= 11 is 1.56. The third-order valence-corrected chi connectivity index (χ3v) is 6.00. The lowest BCUT2D eigenvalue weighted by atomic mass is 9.87. The quantitative estimate of drug-likeness (QED) is 0.357. The molecule has 0 bridgehead atoms. The molecule has 0 saturated carbocycles. The first-order valence-electron chi connectivity index (χ1n) is 10.5. The van der Waals surface area contributed by atoms with Crippen LogP contribution in [0, 0.1) is 0 Å². The second-order valence-corrected chi connectivity index (χ2v) is 9.38. The number of thioether (sulfide) groups is 1. The molecule has 0 aliphatic heterocycles. The van der Waals surface area contributed by atoms with E-state index >= 15 is 0 Å². The van der Waals surface area contributed by atoms with Crippen molar-refractivity contribution in [3.05, 3.63) is 77.5 Å². The third kappa shape index (κ3) is 5.05. The smallest absolute Gasteiger partial charge is 0.226 e. The second-order valence-electron chi connectivity index (χ2n) is 8.44. The van der Waals surface area contributed by atoms with Gasteiger partial charge >= 0.3 is 0 Å². The van der Waals surface area contributed by atoms with Gasteiger partial charge in [-0.05, 0) is 16.5 Å². The lowest BCUT2D eigenvalue weighted by Gasteiger charge is -2.19. The maximum Gasteiger partial charge on any atom is 0.226 e. The van der Waals surface area contributed by atoms with Gasteiger partial charge in [-0.25, -0.2) is 0 Å². The highest BCUT2D eigenvalue weighted by Gasteiger charge is 2.18. The maximum absolute atomic E-state index is 5.65. The summed E-state index contributed by atoms with van der Waals surface area (Å²) in [5.41, 5.74) is 3.65. The molecule has 2 aromatic heterocycles. The highest BCUT2D eigenvalue weighted by Crippen LogP contribution is 2.29. The average Bonchev–Trinajstić information content (AvgIpc) is 3.39. The number of hydrogen-bond acceptors (Lipinski definition) is 6. The van der Waals surface area contributed by atoms with Crippen LogP contribution in [0.3, 0.4) is 0 Å². The van der Waals surface area contributed by atoms with Crippen molar-refractivity contribution in [2.45, 2.75) is 57.0 Å². The van der Waals surface area contributed by atoms with Gasteiger partial charge in [-0.15, -0.1) is 20.4 Å². The summed E-state index contributed by atoms with van der Waals surface area (Å²) in [6, 6.07) is 19.0. The molecule has 4 aromatic rings. The molecule has 7 heteroatoms. The minimum atomic E-state index is 0.110. The Balaban J connectivity index is 1.64. The lowest BCUT2D eigenvalue weighted by Crippen LogP contribution is -2.10. The Morgan fingerprint density at radius 3 is 2.23 bits per heavy atom. The molecule has 2 heterocycles. The van der Waals surface area contributed by atoms with Crippen molar-refractivity contribution in [3.8, 4) is 11.4 Å². The molecule has 160 valence electrons. The fourth-order valence-electron chi connectivity index (χ4n) is 3.25. The summed E-state index contributed by atoms with van der Waals surface area (Å²) in [6.45, 7) is 9.34. The summed E-state index contributed by atoms with van der Waals surface area (Å²) in [6.07, 6.45) is 0.733. The van der Waals surface area contributed by atoms with Gasteiger partial charge in [0.15, 0.2) is 11.0 Å². The SMILES string of the molecule is CCc1nnc(CSc2nnc(-c3ccc(C(C)(C)C)cc3)n2Cc2ccccc2)o1. The Labute approximate surface area is 187 Å². The van der Waals surface area contributed by atoms with Crippen LogP contribution in [0.5, 0.6) is 0 Å². The van der Waals surface area contributed by atoms with Crippen LogP contribution in [-0.2, 0) is 24.1 Å². The van der Waals surface area contributed by atoms with Crippen LogP contribution in [0.4, 0.5) is 0 Å². The molecule has 4 rings (SSSR count). The molecule has 0 aliphatic rings. The van der Waals surface area contributed by atoms with E-state index in [-0.39, 0.29) is 5.41 Å². The molecule has 0 atom stereocenters. The van der Waals surface area contributed by atoms with Crippen molar-refractivity contribution in [2.24, 2.45) is 0 Å². The molecule has 0 fully saturated rings. The molecule has 0 unspecified atom stereocenters. The summed E-state index contributed by atoms with van der Waals surface area (Å²) in [5, 5.41) is 18.0. The maximum atomic E-state index is 5.65. The van der Waals surface area contributed by atoms with Gasteiger partial charge in [0.05, 0.1) is 12.3 Å². The molecule has 0 spiro atoms. The topological polar surface area (TPSA) is 69.6 Å². The van der Waals surface area contributed by atoms with Crippen LogP contribution in [0.1, 0.15) is 50.6 Å². The fraction of sp³-hybridized carbons (Fsp3) is 0.333. The van der Waals surface area contributed by atoms with Gasteiger partial charge in [-0.2, -0.15) is 0 Å². The second kappa shape index (κ2) is 9.06. The Hall–Kier alpha value is -2.93. The van der Waals surface area contributed by atoms with Crippen LogP contribution in [-0.4, -0.2) is 25.0 Å². The van der Waals surface area contributed by atoms with Crippen LogP contribution in [0.25, 0.3) is 11.4 Å². The Morgan fingerprint density at radius 2 is 1.58 bits per heavy atom. The largest absolute Gasteiger partial charge is 0.424 e. The van der Waals surface area contributed by atoms with Crippen molar-refractivity contribution in [2.75, 3.05) is 0 Å². The summed E-state index contributed by atoms with van der Waals surface area (Å²) < 4.78 is 7.80. The van der Waals surface area contributed by atoms with E-state index in [1.165, 1.54) is 11.1 Å². The molecule has 2 aromatic carbocycles. The molecule has 0 N–H and O–H groups in total. The molecule has 31 heavy (non-hydrogen) atoms. The lowest BCUT2D eigenvalue weighted by molar-refractivity contribution is 0.469. The minimum absolute atomic E-state index is 0.110. The monoisotopic (exact) mass is 433 g/mol. The van der Waals surface area contributed by atoms with Gasteiger partial charge in [-0.3, -0.25) is 4.57 Å². The summed E-state index contributed by atoms with van der Waals surface area (Å²) in [7, 11) is 0. The molecular weight excluding hydrogens is 406 g/mol. The third-order valence-electron chi connectivity index (χ3n) is 5.05. The van der Waals surface area contributed by atoms with Gasteiger partial charge in [-0.1, -0.05) is 94.1 Å². The first kappa shape index (κ1) is 21.3. The number of nitrogens with zero attached hydrogens (tertiary/aromatic N) is 5. The fourth-order valence-corrected chi connectivity index (χ4v) is 4.03. The van der Waals surface area contributed by atoms with Gasteiger partial charge in [0, 0.05) is 12.0 Å². The zero-order valence-electron chi connectivity index (χ0n) is 18.4. The molecular formula is C24H27N5OS. The van der Waals surface area contributed by atoms with E-state index in [0.717, 1.165) is 23.0 Å². The van der Waals surface area contributed by atoms with E-state index in [1.54, 1.807) is 11.8 Å². The number of rotatable bonds is 7. The number of aromatic nitrogens is 5. The zero-order chi connectivity index (χ0) is 21.8. The van der Waals surface area contributed by atoms with E-state index in [4.69, 9.17) is 4.42 Å². The molecule has 0 saturated heterocycles. The number of benzene rings is 2. The number of aryl methyl sites for hydroxylation is 1. The minimum Gasteiger partial charge on any atom is -0.424 e. The molecule has 0 amide bonds.